The average Bonchev–Trinajstić information content (AvgIpc) is 2.88. The summed E-state index contributed by atoms with van der Waals surface area (Å²) in [6.07, 6.45) is 0. The molecule has 0 saturated carbocycles. The summed E-state index contributed by atoms with van der Waals surface area (Å²) in [5.41, 5.74) is 0.539. The molecule has 9 heteroatoms. The molecule has 1 aromatic carbocycles. The maximum absolute atomic E-state index is 12.5. The van der Waals surface area contributed by atoms with E-state index in [1.165, 1.54) is 38.4 Å². The topological polar surface area (TPSA) is 63.7 Å². The fraction of sp³-hybridized carbons (Fsp3) is 0.214. The number of hydrogen-bond acceptors (Lipinski definition) is 5. The molecule has 0 amide bonds. The van der Waals surface area contributed by atoms with Crippen LogP contribution in [0.1, 0.15) is 15.2 Å². The van der Waals surface area contributed by atoms with Crippen molar-refractivity contribution in [1.29, 1.82) is 0 Å². The van der Waals surface area contributed by atoms with Crippen molar-refractivity contribution in [2.45, 2.75) is 11.4 Å². The van der Waals surface area contributed by atoms with Crippen molar-refractivity contribution in [1.82, 2.24) is 4.31 Å². The van der Waals surface area contributed by atoms with Gasteiger partial charge in [0.25, 0.3) is 0 Å². The lowest BCUT2D eigenvalue weighted by Crippen LogP contribution is -2.26. The molecule has 0 atom stereocenters. The first-order chi connectivity index (χ1) is 10.8. The zero-order valence-electron chi connectivity index (χ0n) is 12.2. The molecular formula is C14H13Cl2NO4S2. The zero-order chi connectivity index (χ0) is 17.2. The molecule has 5 nitrogen and oxygen atoms in total. The minimum absolute atomic E-state index is 0.0390. The average molecular weight is 394 g/mol. The number of rotatable bonds is 5. The quantitative estimate of drug-likeness (QED) is 0.726. The third-order valence-electron chi connectivity index (χ3n) is 3.09. The molecule has 23 heavy (non-hydrogen) atoms. The van der Waals surface area contributed by atoms with E-state index in [-0.39, 0.29) is 21.3 Å². The van der Waals surface area contributed by atoms with Crippen LogP contribution in [0.15, 0.2) is 34.5 Å². The van der Waals surface area contributed by atoms with Crippen LogP contribution >= 0.6 is 34.5 Å². The Morgan fingerprint density at radius 2 is 1.87 bits per heavy atom. The normalized spacial score (nSPS) is 11.7. The van der Waals surface area contributed by atoms with E-state index in [9.17, 15) is 13.2 Å². The summed E-state index contributed by atoms with van der Waals surface area (Å²) in [7, 11) is -0.983. The van der Waals surface area contributed by atoms with Crippen molar-refractivity contribution in [2.24, 2.45) is 0 Å². The molecule has 0 aliphatic heterocycles. The minimum Gasteiger partial charge on any atom is -0.465 e. The first kappa shape index (κ1) is 18.2. The lowest BCUT2D eigenvalue weighted by atomic mass is 10.3. The van der Waals surface area contributed by atoms with Gasteiger partial charge < -0.3 is 4.74 Å². The Hall–Kier alpha value is -1.12. The van der Waals surface area contributed by atoms with Gasteiger partial charge in [0.05, 0.1) is 17.0 Å². The van der Waals surface area contributed by atoms with E-state index in [4.69, 9.17) is 23.2 Å². The summed E-state index contributed by atoms with van der Waals surface area (Å²) < 4.78 is 30.8. The van der Waals surface area contributed by atoms with Gasteiger partial charge in [-0.3, -0.25) is 0 Å². The van der Waals surface area contributed by atoms with Crippen LogP contribution in [-0.2, 0) is 21.3 Å². The number of thiophene rings is 1. The molecule has 124 valence electrons. The fourth-order valence-corrected chi connectivity index (χ4v) is 4.36. The smallest absolute Gasteiger partial charge is 0.349 e. The molecule has 0 spiro atoms. The summed E-state index contributed by atoms with van der Waals surface area (Å²) in [6, 6.07) is 5.89. The van der Waals surface area contributed by atoms with Crippen LogP contribution in [0.5, 0.6) is 0 Å². The first-order valence-electron chi connectivity index (χ1n) is 6.33. The van der Waals surface area contributed by atoms with Gasteiger partial charge in [0.15, 0.2) is 0 Å². The number of methoxy groups -OCH3 is 1. The SMILES string of the molecule is COC(=O)c1scc(CN(C)S(=O)(=O)c2ccc(Cl)cc2)c1Cl. The molecule has 0 aliphatic carbocycles. The number of carbonyl (C=O) groups is 1. The van der Waals surface area contributed by atoms with Crippen LogP contribution in [0.25, 0.3) is 0 Å². The van der Waals surface area contributed by atoms with Gasteiger partial charge in [-0.1, -0.05) is 23.2 Å². The van der Waals surface area contributed by atoms with Crippen molar-refractivity contribution in [2.75, 3.05) is 14.2 Å². The second-order valence-corrected chi connectivity index (χ2v) is 8.35. The predicted octanol–water partition coefficient (Wildman–Crippen LogP) is 3.66. The van der Waals surface area contributed by atoms with E-state index in [0.29, 0.717) is 10.6 Å². The monoisotopic (exact) mass is 393 g/mol. The third kappa shape index (κ3) is 3.87. The molecule has 1 aromatic heterocycles. The van der Waals surface area contributed by atoms with Gasteiger partial charge in [0.2, 0.25) is 10.0 Å². The van der Waals surface area contributed by atoms with E-state index in [1.54, 1.807) is 5.38 Å². The van der Waals surface area contributed by atoms with E-state index >= 15 is 0 Å². The third-order valence-corrected chi connectivity index (χ3v) is 6.71. The second kappa shape index (κ2) is 7.19. The Kier molecular flexibility index (Phi) is 5.70. The maximum Gasteiger partial charge on any atom is 0.349 e. The lowest BCUT2D eigenvalue weighted by Gasteiger charge is -2.17. The Balaban J connectivity index is 2.25. The number of esters is 1. The van der Waals surface area contributed by atoms with E-state index < -0.39 is 16.0 Å². The number of ether oxygens (including phenoxy) is 1. The fourth-order valence-electron chi connectivity index (χ4n) is 1.83. The van der Waals surface area contributed by atoms with Crippen LogP contribution in [-0.4, -0.2) is 32.8 Å². The van der Waals surface area contributed by atoms with Gasteiger partial charge in [-0.05, 0) is 35.2 Å². The molecule has 2 aromatic rings. The van der Waals surface area contributed by atoms with Crippen LogP contribution < -0.4 is 0 Å². The Labute approximate surface area is 148 Å². The molecule has 0 aliphatic rings. The van der Waals surface area contributed by atoms with Crippen molar-refractivity contribution >= 4 is 50.5 Å². The number of nitrogens with zero attached hydrogens (tertiary/aromatic N) is 1. The first-order valence-corrected chi connectivity index (χ1v) is 9.41. The Bertz CT molecular complexity index is 816. The molecule has 0 fully saturated rings. The van der Waals surface area contributed by atoms with Crippen molar-refractivity contribution in [3.8, 4) is 0 Å². The van der Waals surface area contributed by atoms with Crippen molar-refractivity contribution in [3.05, 3.63) is 50.1 Å². The molecule has 0 unspecified atom stereocenters. The molecule has 0 N–H and O–H groups in total. The summed E-state index contributed by atoms with van der Waals surface area (Å²) >= 11 is 13.0. The van der Waals surface area contributed by atoms with Gasteiger partial charge in [-0.25, -0.2) is 13.2 Å². The molecular weight excluding hydrogens is 381 g/mol. The zero-order valence-corrected chi connectivity index (χ0v) is 15.4. The number of hydrogen-bond donors (Lipinski definition) is 0. The van der Waals surface area contributed by atoms with Gasteiger partial charge in [0, 0.05) is 18.6 Å². The van der Waals surface area contributed by atoms with Crippen LogP contribution in [0.4, 0.5) is 0 Å². The summed E-state index contributed by atoms with van der Waals surface area (Å²) in [5.74, 6) is -0.547. The van der Waals surface area contributed by atoms with E-state index in [0.717, 1.165) is 15.6 Å². The van der Waals surface area contributed by atoms with Gasteiger partial charge in [-0.2, -0.15) is 4.31 Å². The van der Waals surface area contributed by atoms with Crippen LogP contribution in [0.2, 0.25) is 10.0 Å². The lowest BCUT2D eigenvalue weighted by molar-refractivity contribution is 0.0606. The van der Waals surface area contributed by atoms with E-state index in [2.05, 4.69) is 4.74 Å². The number of carbonyl (C=O) groups excluding carboxylic acids is 1. The Morgan fingerprint density at radius 1 is 1.26 bits per heavy atom. The van der Waals surface area contributed by atoms with Gasteiger partial charge in [-0.15, -0.1) is 11.3 Å². The summed E-state index contributed by atoms with van der Waals surface area (Å²) in [4.78, 5) is 11.9. The largest absolute Gasteiger partial charge is 0.465 e. The molecule has 2 rings (SSSR count). The summed E-state index contributed by atoms with van der Waals surface area (Å²) in [5, 5.41) is 2.30. The van der Waals surface area contributed by atoms with Crippen LogP contribution in [0.3, 0.4) is 0 Å². The number of benzene rings is 1. The molecule has 0 bridgehead atoms. The highest BCUT2D eigenvalue weighted by molar-refractivity contribution is 7.89. The minimum atomic E-state index is -3.68. The highest BCUT2D eigenvalue weighted by Gasteiger charge is 2.24. The Morgan fingerprint density at radius 3 is 2.43 bits per heavy atom. The highest BCUT2D eigenvalue weighted by atomic mass is 35.5. The van der Waals surface area contributed by atoms with E-state index in [1.807, 2.05) is 0 Å². The second-order valence-electron chi connectivity index (χ2n) is 4.61. The molecule has 0 radical (unpaired) electrons. The molecule has 1 heterocycles. The standard InChI is InChI=1S/C14H13Cl2NO4S2/c1-17(23(19,20)11-5-3-10(15)4-6-11)7-9-8-22-13(12(9)16)14(18)21-2/h3-6,8H,7H2,1-2H3. The number of halogens is 2. The van der Waals surface area contributed by atoms with Crippen molar-refractivity contribution in [3.63, 3.8) is 0 Å². The van der Waals surface area contributed by atoms with Crippen LogP contribution in [0, 0.1) is 0 Å². The summed E-state index contributed by atoms with van der Waals surface area (Å²) in [6.45, 7) is 0.0390. The predicted molar refractivity (Wildman–Crippen MR) is 90.8 cm³/mol. The maximum atomic E-state index is 12.5. The number of sulfonamides is 1. The molecule has 0 saturated heterocycles. The van der Waals surface area contributed by atoms with Crippen molar-refractivity contribution < 1.29 is 17.9 Å². The van der Waals surface area contributed by atoms with Gasteiger partial charge >= 0.3 is 5.97 Å². The van der Waals surface area contributed by atoms with Gasteiger partial charge in [0.1, 0.15) is 4.88 Å². The highest BCUT2D eigenvalue weighted by Crippen LogP contribution is 2.30.